The fraction of sp³-hybridized carbons (Fsp3) is 0.875. The molecule has 14 heavy (non-hydrogen) atoms. The molecule has 1 unspecified atom stereocenters. The average Bonchev–Trinajstić information content (AvgIpc) is 2.52. The molecule has 0 aliphatic carbocycles. The summed E-state index contributed by atoms with van der Waals surface area (Å²) < 4.78 is 0. The predicted octanol–water partition coefficient (Wildman–Crippen LogP) is 0.257. The SMILES string of the molecule is CCSCCC(O)Cc1nnn(C)n1. The molecule has 1 aromatic heterocycles. The van der Waals surface area contributed by atoms with E-state index >= 15 is 0 Å². The maximum atomic E-state index is 9.61. The van der Waals surface area contributed by atoms with E-state index < -0.39 is 0 Å². The standard InChI is InChI=1S/C8H16N4OS/c1-3-14-5-4-7(13)6-8-9-11-12(2)10-8/h7,13H,3-6H2,1-2H3. The van der Waals surface area contributed by atoms with Gasteiger partial charge in [0.25, 0.3) is 0 Å². The van der Waals surface area contributed by atoms with Crippen molar-refractivity contribution in [2.45, 2.75) is 25.9 Å². The second-order valence-corrected chi connectivity index (χ2v) is 4.43. The number of aliphatic hydroxyl groups excluding tert-OH is 1. The van der Waals surface area contributed by atoms with E-state index in [1.807, 2.05) is 11.8 Å². The smallest absolute Gasteiger partial charge is 0.177 e. The number of nitrogens with zero attached hydrogens (tertiary/aromatic N) is 4. The average molecular weight is 216 g/mol. The maximum Gasteiger partial charge on any atom is 0.177 e. The van der Waals surface area contributed by atoms with Crippen molar-refractivity contribution in [1.29, 1.82) is 0 Å². The Morgan fingerprint density at radius 2 is 2.36 bits per heavy atom. The van der Waals surface area contributed by atoms with E-state index in [9.17, 15) is 5.11 Å². The van der Waals surface area contributed by atoms with Crippen LogP contribution in [0.3, 0.4) is 0 Å². The van der Waals surface area contributed by atoms with E-state index in [0.29, 0.717) is 12.2 Å². The zero-order chi connectivity index (χ0) is 10.4. The molecule has 0 fully saturated rings. The van der Waals surface area contributed by atoms with Crippen LogP contribution in [0.5, 0.6) is 0 Å². The van der Waals surface area contributed by atoms with Crippen LogP contribution in [0.25, 0.3) is 0 Å². The van der Waals surface area contributed by atoms with E-state index in [-0.39, 0.29) is 6.10 Å². The highest BCUT2D eigenvalue weighted by Gasteiger charge is 2.09. The lowest BCUT2D eigenvalue weighted by atomic mass is 10.2. The van der Waals surface area contributed by atoms with Crippen LogP contribution in [0.1, 0.15) is 19.2 Å². The number of hydrogen-bond donors (Lipinski definition) is 1. The van der Waals surface area contributed by atoms with E-state index in [2.05, 4.69) is 22.3 Å². The van der Waals surface area contributed by atoms with Gasteiger partial charge in [-0.2, -0.15) is 16.6 Å². The molecule has 0 aromatic carbocycles. The zero-order valence-corrected chi connectivity index (χ0v) is 9.37. The minimum absolute atomic E-state index is 0.349. The van der Waals surface area contributed by atoms with Crippen molar-refractivity contribution >= 4 is 11.8 Å². The Morgan fingerprint density at radius 3 is 2.93 bits per heavy atom. The third-order valence-corrected chi connectivity index (χ3v) is 2.70. The van der Waals surface area contributed by atoms with Gasteiger partial charge < -0.3 is 5.11 Å². The number of rotatable bonds is 6. The van der Waals surface area contributed by atoms with Gasteiger partial charge in [-0.15, -0.1) is 10.2 Å². The van der Waals surface area contributed by atoms with Crippen LogP contribution in [0.4, 0.5) is 0 Å². The van der Waals surface area contributed by atoms with Gasteiger partial charge >= 0.3 is 0 Å². The fourth-order valence-corrected chi connectivity index (χ4v) is 1.81. The van der Waals surface area contributed by atoms with Crippen LogP contribution in [0.15, 0.2) is 0 Å². The van der Waals surface area contributed by atoms with E-state index in [1.165, 1.54) is 4.80 Å². The molecule has 5 nitrogen and oxygen atoms in total. The molecule has 0 radical (unpaired) electrons. The number of hydrogen-bond acceptors (Lipinski definition) is 5. The van der Waals surface area contributed by atoms with E-state index in [4.69, 9.17) is 0 Å². The van der Waals surface area contributed by atoms with Crippen molar-refractivity contribution in [3.63, 3.8) is 0 Å². The Morgan fingerprint density at radius 1 is 1.57 bits per heavy atom. The second-order valence-electron chi connectivity index (χ2n) is 3.04. The molecule has 0 amide bonds. The summed E-state index contributed by atoms with van der Waals surface area (Å²) in [6.45, 7) is 2.11. The molecule has 0 aliphatic heterocycles. The molecule has 1 N–H and O–H groups in total. The van der Waals surface area contributed by atoms with Gasteiger partial charge in [-0.3, -0.25) is 0 Å². The van der Waals surface area contributed by atoms with Crippen LogP contribution >= 0.6 is 11.8 Å². The first-order valence-corrected chi connectivity index (χ1v) is 5.86. The monoisotopic (exact) mass is 216 g/mol. The molecule has 0 aliphatic rings. The lowest BCUT2D eigenvalue weighted by Crippen LogP contribution is -2.12. The summed E-state index contributed by atoms with van der Waals surface area (Å²) in [7, 11) is 1.72. The van der Waals surface area contributed by atoms with Crippen molar-refractivity contribution in [3.05, 3.63) is 5.82 Å². The van der Waals surface area contributed by atoms with Gasteiger partial charge in [0, 0.05) is 6.42 Å². The Bertz CT molecular complexity index is 266. The lowest BCUT2D eigenvalue weighted by Gasteiger charge is -2.06. The highest BCUT2D eigenvalue weighted by Crippen LogP contribution is 2.06. The van der Waals surface area contributed by atoms with Crippen LogP contribution in [0.2, 0.25) is 0 Å². The van der Waals surface area contributed by atoms with Crippen molar-refractivity contribution < 1.29 is 5.11 Å². The summed E-state index contributed by atoms with van der Waals surface area (Å²) in [5, 5.41) is 21.1. The van der Waals surface area contributed by atoms with Crippen molar-refractivity contribution in [2.75, 3.05) is 11.5 Å². The first kappa shape index (κ1) is 11.5. The Labute approximate surface area is 87.9 Å². The van der Waals surface area contributed by atoms with Gasteiger partial charge in [0.05, 0.1) is 13.2 Å². The minimum Gasteiger partial charge on any atom is -0.393 e. The molecule has 6 heteroatoms. The van der Waals surface area contributed by atoms with Crippen LogP contribution in [-0.2, 0) is 13.5 Å². The third kappa shape index (κ3) is 4.06. The summed E-state index contributed by atoms with van der Waals surface area (Å²) in [6.07, 6.45) is 0.938. The molecule has 80 valence electrons. The summed E-state index contributed by atoms with van der Waals surface area (Å²) in [5.74, 6) is 2.69. The van der Waals surface area contributed by atoms with E-state index in [0.717, 1.165) is 17.9 Å². The van der Waals surface area contributed by atoms with Crippen molar-refractivity contribution in [2.24, 2.45) is 7.05 Å². The molecule has 0 saturated heterocycles. The Kier molecular flexibility index (Phi) is 4.89. The number of thioether (sulfide) groups is 1. The molecule has 1 rings (SSSR count). The minimum atomic E-state index is -0.349. The van der Waals surface area contributed by atoms with E-state index in [1.54, 1.807) is 7.05 Å². The van der Waals surface area contributed by atoms with Crippen LogP contribution < -0.4 is 0 Å². The maximum absolute atomic E-state index is 9.61. The molecule has 1 aromatic rings. The summed E-state index contributed by atoms with van der Waals surface area (Å²) in [5.41, 5.74) is 0. The highest BCUT2D eigenvalue weighted by molar-refractivity contribution is 7.99. The first-order valence-electron chi connectivity index (χ1n) is 4.71. The molecular weight excluding hydrogens is 200 g/mol. The molecular formula is C8H16N4OS. The van der Waals surface area contributed by atoms with Gasteiger partial charge in [0.1, 0.15) is 0 Å². The van der Waals surface area contributed by atoms with Gasteiger partial charge in [-0.1, -0.05) is 6.92 Å². The Balaban J connectivity index is 2.23. The summed E-state index contributed by atoms with van der Waals surface area (Å²) in [4.78, 5) is 1.41. The summed E-state index contributed by atoms with van der Waals surface area (Å²) >= 11 is 1.83. The molecule has 0 spiro atoms. The number of aryl methyl sites for hydroxylation is 1. The largest absolute Gasteiger partial charge is 0.393 e. The van der Waals surface area contributed by atoms with Crippen molar-refractivity contribution in [1.82, 2.24) is 20.2 Å². The first-order chi connectivity index (χ1) is 6.72. The molecule has 1 atom stereocenters. The van der Waals surface area contributed by atoms with Crippen LogP contribution in [0, 0.1) is 0 Å². The van der Waals surface area contributed by atoms with Gasteiger partial charge in [0.2, 0.25) is 0 Å². The second kappa shape index (κ2) is 5.98. The van der Waals surface area contributed by atoms with Gasteiger partial charge in [-0.05, 0) is 23.1 Å². The lowest BCUT2D eigenvalue weighted by molar-refractivity contribution is 0.169. The molecule has 0 bridgehead atoms. The number of aliphatic hydroxyl groups is 1. The van der Waals surface area contributed by atoms with Gasteiger partial charge in [0.15, 0.2) is 5.82 Å². The Hall–Kier alpha value is -0.620. The highest BCUT2D eigenvalue weighted by atomic mass is 32.2. The predicted molar refractivity (Wildman–Crippen MR) is 56.1 cm³/mol. The number of tetrazole rings is 1. The summed E-state index contributed by atoms with van der Waals surface area (Å²) in [6, 6.07) is 0. The topological polar surface area (TPSA) is 63.8 Å². The number of aromatic nitrogens is 4. The normalized spacial score (nSPS) is 13.1. The van der Waals surface area contributed by atoms with Gasteiger partial charge in [-0.25, -0.2) is 0 Å². The zero-order valence-electron chi connectivity index (χ0n) is 8.55. The van der Waals surface area contributed by atoms with Crippen LogP contribution in [-0.4, -0.2) is 42.9 Å². The van der Waals surface area contributed by atoms with Crippen molar-refractivity contribution in [3.8, 4) is 0 Å². The quantitative estimate of drug-likeness (QED) is 0.691. The molecule has 0 saturated carbocycles. The molecule has 1 heterocycles. The fourth-order valence-electron chi connectivity index (χ4n) is 1.08. The third-order valence-electron chi connectivity index (χ3n) is 1.77.